The van der Waals surface area contributed by atoms with Gasteiger partial charge in [-0.15, -0.1) is 21.5 Å². The lowest BCUT2D eigenvalue weighted by Crippen LogP contribution is -2.22. The van der Waals surface area contributed by atoms with Crippen LogP contribution in [0.5, 0.6) is 5.75 Å². The number of hydrogen-bond acceptors (Lipinski definition) is 6. The van der Waals surface area contributed by atoms with Crippen LogP contribution in [0.1, 0.15) is 24.4 Å². The number of ether oxygens (including phenoxy) is 1. The molecule has 0 N–H and O–H groups in total. The highest BCUT2D eigenvalue weighted by Gasteiger charge is 2.19. The Morgan fingerprint density at radius 3 is 2.65 bits per heavy atom. The fourth-order valence-corrected chi connectivity index (χ4v) is 2.89. The van der Waals surface area contributed by atoms with Gasteiger partial charge in [-0.25, -0.2) is 0 Å². The summed E-state index contributed by atoms with van der Waals surface area (Å²) >= 11 is 1.59. The molecule has 0 aliphatic rings. The smallest absolute Gasteiger partial charge is 0.257 e. The van der Waals surface area contributed by atoms with Crippen molar-refractivity contribution in [2.45, 2.75) is 19.5 Å². The Balaban J connectivity index is 1.68. The van der Waals surface area contributed by atoms with Crippen molar-refractivity contribution in [3.8, 4) is 16.5 Å². The van der Waals surface area contributed by atoms with E-state index in [4.69, 9.17) is 9.15 Å². The van der Waals surface area contributed by atoms with Crippen LogP contribution in [-0.2, 0) is 6.54 Å². The minimum absolute atomic E-state index is 0.0401. The SMILES string of the molecule is COc1ccc(CN(C)[C@@H](C)c2nnc(-c3cccs3)o2)cc1. The maximum Gasteiger partial charge on any atom is 0.257 e. The molecule has 2 heterocycles. The minimum atomic E-state index is 0.0401. The average molecular weight is 329 g/mol. The quantitative estimate of drug-likeness (QED) is 0.684. The lowest BCUT2D eigenvalue weighted by atomic mass is 10.2. The van der Waals surface area contributed by atoms with E-state index in [1.54, 1.807) is 18.4 Å². The molecule has 2 aromatic heterocycles. The molecule has 0 bridgehead atoms. The zero-order valence-electron chi connectivity index (χ0n) is 13.4. The molecule has 23 heavy (non-hydrogen) atoms. The number of methoxy groups -OCH3 is 1. The van der Waals surface area contributed by atoms with Crippen LogP contribution in [0.2, 0.25) is 0 Å². The van der Waals surface area contributed by atoms with Gasteiger partial charge in [-0.2, -0.15) is 0 Å². The monoisotopic (exact) mass is 329 g/mol. The summed E-state index contributed by atoms with van der Waals surface area (Å²) in [5.41, 5.74) is 1.21. The predicted molar refractivity (Wildman–Crippen MR) is 90.5 cm³/mol. The maximum atomic E-state index is 5.81. The number of aromatic nitrogens is 2. The van der Waals surface area contributed by atoms with Crippen molar-refractivity contribution in [3.05, 3.63) is 53.2 Å². The lowest BCUT2D eigenvalue weighted by Gasteiger charge is -2.21. The second-order valence-electron chi connectivity index (χ2n) is 5.36. The third kappa shape index (κ3) is 3.60. The van der Waals surface area contributed by atoms with Crippen molar-refractivity contribution in [1.29, 1.82) is 0 Å². The molecule has 0 aliphatic heterocycles. The summed E-state index contributed by atoms with van der Waals surface area (Å²) in [6, 6.07) is 12.1. The van der Waals surface area contributed by atoms with E-state index in [2.05, 4.69) is 34.2 Å². The summed E-state index contributed by atoms with van der Waals surface area (Å²) in [6.07, 6.45) is 0. The maximum absolute atomic E-state index is 5.81. The summed E-state index contributed by atoms with van der Waals surface area (Å²) in [4.78, 5) is 3.17. The van der Waals surface area contributed by atoms with Crippen molar-refractivity contribution >= 4 is 11.3 Å². The molecule has 120 valence electrons. The van der Waals surface area contributed by atoms with E-state index in [1.165, 1.54) is 5.56 Å². The van der Waals surface area contributed by atoms with Gasteiger partial charge in [0.1, 0.15) is 5.75 Å². The van der Waals surface area contributed by atoms with Gasteiger partial charge < -0.3 is 9.15 Å². The zero-order chi connectivity index (χ0) is 16.2. The van der Waals surface area contributed by atoms with E-state index in [1.807, 2.05) is 36.7 Å². The summed E-state index contributed by atoms with van der Waals surface area (Å²) in [5, 5.41) is 10.3. The molecule has 3 aromatic rings. The van der Waals surface area contributed by atoms with Crippen LogP contribution in [0.3, 0.4) is 0 Å². The molecule has 0 saturated carbocycles. The summed E-state index contributed by atoms with van der Waals surface area (Å²) < 4.78 is 11.0. The molecule has 0 unspecified atom stereocenters. The first-order chi connectivity index (χ1) is 11.2. The third-order valence-corrected chi connectivity index (χ3v) is 4.64. The molecular formula is C17H19N3O2S. The van der Waals surface area contributed by atoms with Gasteiger partial charge in [-0.3, -0.25) is 4.90 Å². The van der Waals surface area contributed by atoms with Crippen LogP contribution in [0.15, 0.2) is 46.2 Å². The molecule has 0 saturated heterocycles. The fourth-order valence-electron chi connectivity index (χ4n) is 2.25. The van der Waals surface area contributed by atoms with E-state index in [9.17, 15) is 0 Å². The summed E-state index contributed by atoms with van der Waals surface area (Å²) in [5.74, 6) is 2.08. The lowest BCUT2D eigenvalue weighted by molar-refractivity contribution is 0.218. The standard InChI is InChI=1S/C17H19N3O2S/c1-12(16-18-19-17(22-16)15-5-4-10-23-15)20(2)11-13-6-8-14(21-3)9-7-13/h4-10,12H,11H2,1-3H3/t12-/m0/s1. The normalized spacial score (nSPS) is 12.5. The highest BCUT2D eigenvalue weighted by Crippen LogP contribution is 2.27. The molecule has 1 atom stereocenters. The Labute approximate surface area is 139 Å². The van der Waals surface area contributed by atoms with Crippen LogP contribution < -0.4 is 4.74 Å². The van der Waals surface area contributed by atoms with E-state index in [0.717, 1.165) is 17.2 Å². The fraction of sp³-hybridized carbons (Fsp3) is 0.294. The Kier molecular flexibility index (Phi) is 4.73. The van der Waals surface area contributed by atoms with Gasteiger partial charge in [0.2, 0.25) is 5.89 Å². The number of benzene rings is 1. The van der Waals surface area contributed by atoms with Gasteiger partial charge in [-0.1, -0.05) is 18.2 Å². The third-order valence-electron chi connectivity index (χ3n) is 3.78. The summed E-state index contributed by atoms with van der Waals surface area (Å²) in [6.45, 7) is 2.86. The average Bonchev–Trinajstić information content (AvgIpc) is 3.26. The Morgan fingerprint density at radius 1 is 1.22 bits per heavy atom. The molecule has 3 rings (SSSR count). The van der Waals surface area contributed by atoms with Gasteiger partial charge in [0.25, 0.3) is 5.89 Å². The van der Waals surface area contributed by atoms with E-state index in [0.29, 0.717) is 11.8 Å². The number of hydrogen-bond donors (Lipinski definition) is 0. The molecule has 0 fully saturated rings. The van der Waals surface area contributed by atoms with Crippen LogP contribution in [0.4, 0.5) is 0 Å². The molecule has 5 nitrogen and oxygen atoms in total. The second kappa shape index (κ2) is 6.93. The molecule has 0 aliphatic carbocycles. The van der Waals surface area contributed by atoms with Gasteiger partial charge in [0.15, 0.2) is 0 Å². The zero-order valence-corrected chi connectivity index (χ0v) is 14.2. The van der Waals surface area contributed by atoms with E-state index < -0.39 is 0 Å². The number of nitrogens with zero attached hydrogens (tertiary/aromatic N) is 3. The van der Waals surface area contributed by atoms with E-state index >= 15 is 0 Å². The predicted octanol–water partition coefficient (Wildman–Crippen LogP) is 4.00. The van der Waals surface area contributed by atoms with Crippen molar-refractivity contribution in [1.82, 2.24) is 15.1 Å². The summed E-state index contributed by atoms with van der Waals surface area (Å²) in [7, 11) is 3.72. The Hall–Kier alpha value is -2.18. The molecule has 0 spiro atoms. The Morgan fingerprint density at radius 2 is 2.00 bits per heavy atom. The second-order valence-corrected chi connectivity index (χ2v) is 6.31. The van der Waals surface area contributed by atoms with Crippen molar-refractivity contribution in [3.63, 3.8) is 0 Å². The number of thiophene rings is 1. The topological polar surface area (TPSA) is 51.4 Å². The van der Waals surface area contributed by atoms with Crippen LogP contribution in [-0.4, -0.2) is 29.3 Å². The number of rotatable bonds is 6. The van der Waals surface area contributed by atoms with E-state index in [-0.39, 0.29) is 6.04 Å². The Bertz CT molecular complexity index is 738. The largest absolute Gasteiger partial charge is 0.497 e. The highest BCUT2D eigenvalue weighted by molar-refractivity contribution is 7.13. The van der Waals surface area contributed by atoms with Crippen molar-refractivity contribution in [2.75, 3.05) is 14.2 Å². The van der Waals surface area contributed by atoms with Crippen LogP contribution in [0.25, 0.3) is 10.8 Å². The van der Waals surface area contributed by atoms with Crippen molar-refractivity contribution < 1.29 is 9.15 Å². The van der Waals surface area contributed by atoms with Crippen LogP contribution in [0, 0.1) is 0 Å². The molecule has 0 amide bonds. The first-order valence-corrected chi connectivity index (χ1v) is 8.26. The molecular weight excluding hydrogens is 310 g/mol. The van der Waals surface area contributed by atoms with Gasteiger partial charge >= 0.3 is 0 Å². The minimum Gasteiger partial charge on any atom is -0.497 e. The molecule has 1 aromatic carbocycles. The first-order valence-electron chi connectivity index (χ1n) is 7.38. The highest BCUT2D eigenvalue weighted by atomic mass is 32.1. The van der Waals surface area contributed by atoms with Crippen molar-refractivity contribution in [2.24, 2.45) is 0 Å². The van der Waals surface area contributed by atoms with Crippen LogP contribution >= 0.6 is 11.3 Å². The first kappa shape index (κ1) is 15.7. The molecule has 0 radical (unpaired) electrons. The van der Waals surface area contributed by atoms with Gasteiger partial charge in [0.05, 0.1) is 18.0 Å². The molecule has 6 heteroatoms. The van der Waals surface area contributed by atoms with Gasteiger partial charge in [-0.05, 0) is 43.1 Å². The van der Waals surface area contributed by atoms with Gasteiger partial charge in [0, 0.05) is 6.54 Å².